The van der Waals surface area contributed by atoms with E-state index in [1.807, 2.05) is 48.9 Å². The van der Waals surface area contributed by atoms with Crippen LogP contribution in [0.4, 0.5) is 0 Å². The second-order valence-electron chi connectivity index (χ2n) is 6.86. The largest absolute Gasteiger partial charge is 0.462 e. The highest BCUT2D eigenvalue weighted by Crippen LogP contribution is 2.17. The average molecular weight is 428 g/mol. The van der Waals surface area contributed by atoms with Crippen molar-refractivity contribution in [1.29, 1.82) is 0 Å². The molecule has 7 nitrogen and oxygen atoms in total. The van der Waals surface area contributed by atoms with Gasteiger partial charge in [-0.2, -0.15) is 5.10 Å². The molecule has 0 amide bonds. The van der Waals surface area contributed by atoms with Crippen molar-refractivity contribution in [2.24, 2.45) is 0 Å². The van der Waals surface area contributed by atoms with E-state index in [1.54, 1.807) is 6.92 Å². The lowest BCUT2D eigenvalue weighted by Gasteiger charge is -2.09. The topological polar surface area (TPSA) is 90.3 Å². The van der Waals surface area contributed by atoms with E-state index in [0.717, 1.165) is 22.5 Å². The normalized spacial score (nSPS) is 11.4. The molecule has 0 atom stereocenters. The third kappa shape index (κ3) is 4.95. The molecule has 0 bridgehead atoms. The average Bonchev–Trinajstić information content (AvgIpc) is 3.00. The van der Waals surface area contributed by atoms with Crippen LogP contribution in [-0.2, 0) is 27.8 Å². The van der Waals surface area contributed by atoms with Crippen LogP contribution < -0.4 is 4.72 Å². The van der Waals surface area contributed by atoms with Gasteiger partial charge in [0.2, 0.25) is 10.0 Å². The molecule has 0 fully saturated rings. The number of aryl methyl sites for hydroxylation is 1. The monoisotopic (exact) mass is 427 g/mol. The first-order valence-electron chi connectivity index (χ1n) is 9.65. The molecule has 2 aromatic carbocycles. The van der Waals surface area contributed by atoms with Crippen molar-refractivity contribution in [3.8, 4) is 0 Å². The summed E-state index contributed by atoms with van der Waals surface area (Å²) < 4.78 is 34.8. The molecule has 0 saturated heterocycles. The number of esters is 1. The van der Waals surface area contributed by atoms with Crippen molar-refractivity contribution in [2.75, 3.05) is 6.61 Å². The first-order valence-corrected chi connectivity index (χ1v) is 11.1. The van der Waals surface area contributed by atoms with Gasteiger partial charge in [-0.3, -0.25) is 4.68 Å². The first-order chi connectivity index (χ1) is 14.3. The summed E-state index contributed by atoms with van der Waals surface area (Å²) >= 11 is 0. The van der Waals surface area contributed by atoms with Crippen LogP contribution >= 0.6 is 0 Å². The number of sulfonamides is 1. The summed E-state index contributed by atoms with van der Waals surface area (Å²) in [6.07, 6.45) is 0. The summed E-state index contributed by atoms with van der Waals surface area (Å²) in [6.45, 7) is 6.53. The van der Waals surface area contributed by atoms with Gasteiger partial charge in [0.15, 0.2) is 0 Å². The Hall–Kier alpha value is -2.97. The van der Waals surface area contributed by atoms with Crippen molar-refractivity contribution in [3.05, 3.63) is 82.7 Å². The third-order valence-corrected chi connectivity index (χ3v) is 6.24. The summed E-state index contributed by atoms with van der Waals surface area (Å²) in [4.78, 5) is 11.8. The molecule has 3 rings (SSSR count). The Kier molecular flexibility index (Phi) is 6.69. The lowest BCUT2D eigenvalue weighted by molar-refractivity contribution is 0.0526. The Morgan fingerprint density at radius 1 is 1.07 bits per heavy atom. The summed E-state index contributed by atoms with van der Waals surface area (Å²) in [7, 11) is -3.74. The minimum absolute atomic E-state index is 0.0857. The predicted octanol–water partition coefficient (Wildman–Crippen LogP) is 3.20. The van der Waals surface area contributed by atoms with Gasteiger partial charge in [0, 0.05) is 17.8 Å². The van der Waals surface area contributed by atoms with E-state index in [1.165, 1.54) is 24.3 Å². The molecule has 1 N–H and O–H groups in total. The van der Waals surface area contributed by atoms with Crippen LogP contribution in [0.15, 0.2) is 59.5 Å². The zero-order chi connectivity index (χ0) is 21.7. The Bertz CT molecular complexity index is 1120. The quantitative estimate of drug-likeness (QED) is 0.558. The number of hydrogen-bond acceptors (Lipinski definition) is 5. The van der Waals surface area contributed by atoms with Crippen molar-refractivity contribution in [3.63, 3.8) is 0 Å². The van der Waals surface area contributed by atoms with Gasteiger partial charge in [-0.1, -0.05) is 30.3 Å². The maximum Gasteiger partial charge on any atom is 0.338 e. The van der Waals surface area contributed by atoms with E-state index >= 15 is 0 Å². The number of hydrogen-bond donors (Lipinski definition) is 1. The lowest BCUT2D eigenvalue weighted by atomic mass is 10.2. The SMILES string of the molecule is CCOC(=O)c1ccc(S(=O)(=O)NCc2c(C)nn(Cc3ccccc3)c2C)cc1. The summed E-state index contributed by atoms with van der Waals surface area (Å²) in [5.74, 6) is -0.480. The maximum atomic E-state index is 12.7. The second-order valence-corrected chi connectivity index (χ2v) is 8.63. The Morgan fingerprint density at radius 2 is 1.73 bits per heavy atom. The van der Waals surface area contributed by atoms with Gasteiger partial charge in [-0.15, -0.1) is 0 Å². The number of carbonyl (C=O) groups excluding carboxylic acids is 1. The number of rotatable bonds is 8. The molecular weight excluding hydrogens is 402 g/mol. The van der Waals surface area contributed by atoms with Crippen molar-refractivity contribution in [1.82, 2.24) is 14.5 Å². The van der Waals surface area contributed by atoms with Crippen LogP contribution in [0.1, 0.15) is 39.8 Å². The molecule has 158 valence electrons. The molecule has 1 aromatic heterocycles. The molecule has 0 radical (unpaired) electrons. The van der Waals surface area contributed by atoms with Crippen LogP contribution in [0, 0.1) is 13.8 Å². The van der Waals surface area contributed by atoms with E-state index in [2.05, 4.69) is 9.82 Å². The van der Waals surface area contributed by atoms with Gasteiger partial charge >= 0.3 is 5.97 Å². The highest BCUT2D eigenvalue weighted by atomic mass is 32.2. The molecule has 1 heterocycles. The summed E-state index contributed by atoms with van der Waals surface area (Å²) in [6, 6.07) is 15.6. The van der Waals surface area contributed by atoms with Gasteiger partial charge < -0.3 is 4.74 Å². The maximum absolute atomic E-state index is 12.7. The third-order valence-electron chi connectivity index (χ3n) is 4.82. The van der Waals surface area contributed by atoms with Crippen LogP contribution in [0.5, 0.6) is 0 Å². The standard InChI is InChI=1S/C22H25N3O4S/c1-4-29-22(26)19-10-12-20(13-11-19)30(27,28)23-14-21-16(2)24-25(17(21)3)15-18-8-6-5-7-9-18/h5-13,23H,4,14-15H2,1-3H3. The fraction of sp³-hybridized carbons (Fsp3) is 0.273. The number of nitrogens with zero attached hydrogens (tertiary/aromatic N) is 2. The number of aromatic nitrogens is 2. The predicted molar refractivity (Wildman–Crippen MR) is 114 cm³/mol. The van der Waals surface area contributed by atoms with Crippen molar-refractivity contribution >= 4 is 16.0 Å². The highest BCUT2D eigenvalue weighted by Gasteiger charge is 2.18. The molecule has 0 unspecified atom stereocenters. The van der Waals surface area contributed by atoms with E-state index in [0.29, 0.717) is 12.1 Å². The molecule has 0 aliphatic carbocycles. The van der Waals surface area contributed by atoms with E-state index in [-0.39, 0.29) is 18.0 Å². The summed E-state index contributed by atoms with van der Waals surface area (Å²) in [5, 5.41) is 4.56. The lowest BCUT2D eigenvalue weighted by Crippen LogP contribution is -2.24. The molecule has 0 aliphatic heterocycles. The van der Waals surface area contributed by atoms with E-state index in [9.17, 15) is 13.2 Å². The second kappa shape index (κ2) is 9.23. The van der Waals surface area contributed by atoms with Crippen LogP contribution in [-0.4, -0.2) is 30.8 Å². The fourth-order valence-electron chi connectivity index (χ4n) is 3.14. The Labute approximate surface area is 176 Å². The number of ether oxygens (including phenoxy) is 1. The number of nitrogens with one attached hydrogen (secondary N) is 1. The van der Waals surface area contributed by atoms with Gasteiger partial charge in [0.25, 0.3) is 0 Å². The molecule has 3 aromatic rings. The van der Waals surface area contributed by atoms with Gasteiger partial charge in [-0.25, -0.2) is 17.9 Å². The molecule has 0 aliphatic rings. The van der Waals surface area contributed by atoms with Gasteiger partial charge in [0.05, 0.1) is 29.3 Å². The highest BCUT2D eigenvalue weighted by molar-refractivity contribution is 7.89. The van der Waals surface area contributed by atoms with E-state index in [4.69, 9.17) is 4.74 Å². The summed E-state index contributed by atoms with van der Waals surface area (Å²) in [5.41, 5.74) is 3.97. The molecular formula is C22H25N3O4S. The Morgan fingerprint density at radius 3 is 2.37 bits per heavy atom. The van der Waals surface area contributed by atoms with Crippen molar-refractivity contribution < 1.29 is 17.9 Å². The van der Waals surface area contributed by atoms with Crippen molar-refractivity contribution in [2.45, 2.75) is 38.8 Å². The fourth-order valence-corrected chi connectivity index (χ4v) is 4.13. The minimum atomic E-state index is -3.74. The smallest absolute Gasteiger partial charge is 0.338 e. The molecule has 30 heavy (non-hydrogen) atoms. The van der Waals surface area contributed by atoms with Gasteiger partial charge in [-0.05, 0) is 50.6 Å². The first kappa shape index (κ1) is 21.7. The molecule has 8 heteroatoms. The van der Waals surface area contributed by atoms with Gasteiger partial charge in [0.1, 0.15) is 0 Å². The zero-order valence-electron chi connectivity index (χ0n) is 17.3. The minimum Gasteiger partial charge on any atom is -0.462 e. The number of carbonyl (C=O) groups is 1. The number of benzene rings is 2. The van der Waals surface area contributed by atoms with Crippen LogP contribution in [0.25, 0.3) is 0 Å². The van der Waals surface area contributed by atoms with Crippen LogP contribution in [0.3, 0.4) is 0 Å². The zero-order valence-corrected chi connectivity index (χ0v) is 18.1. The van der Waals surface area contributed by atoms with E-state index < -0.39 is 16.0 Å². The molecule has 0 saturated carbocycles. The Balaban J connectivity index is 1.72. The molecule has 0 spiro atoms. The van der Waals surface area contributed by atoms with Crippen LogP contribution in [0.2, 0.25) is 0 Å².